The number of piperidine rings is 1. The van der Waals surface area contributed by atoms with Gasteiger partial charge in [-0.25, -0.2) is 22.2 Å². The molecule has 126 valence electrons. The third-order valence-electron chi connectivity index (χ3n) is 4.24. The molecule has 0 aliphatic carbocycles. The molecule has 1 N–H and O–H groups in total. The van der Waals surface area contributed by atoms with E-state index < -0.39 is 10.0 Å². The first kappa shape index (κ1) is 16.2. The van der Waals surface area contributed by atoms with Crippen LogP contribution in [0.4, 0.5) is 5.69 Å². The number of aryl methyl sites for hydroxylation is 1. The maximum Gasteiger partial charge on any atom is 0.216 e. The summed E-state index contributed by atoms with van der Waals surface area (Å²) in [5.41, 5.74) is 1.75. The minimum absolute atomic E-state index is 0.247. The quantitative estimate of drug-likeness (QED) is 0.918. The highest BCUT2D eigenvalue weighted by atomic mass is 32.2. The van der Waals surface area contributed by atoms with Gasteiger partial charge in [0, 0.05) is 25.3 Å². The monoisotopic (exact) mass is 337 g/mol. The number of aromatic nitrogens is 3. The largest absolute Gasteiger partial charge is 0.379 e. The van der Waals surface area contributed by atoms with Crippen LogP contribution in [0.2, 0.25) is 0 Å². The van der Waals surface area contributed by atoms with Gasteiger partial charge in [-0.15, -0.1) is 0 Å². The Balaban J connectivity index is 1.69. The molecule has 1 aliphatic rings. The van der Waals surface area contributed by atoms with Gasteiger partial charge in [0.15, 0.2) is 5.65 Å². The molecular weight excluding hydrogens is 314 g/mol. The molecule has 3 rings (SSSR count). The summed E-state index contributed by atoms with van der Waals surface area (Å²) in [6, 6.07) is 4.17. The van der Waals surface area contributed by atoms with Crippen molar-refractivity contribution in [1.82, 2.24) is 18.9 Å². The van der Waals surface area contributed by atoms with E-state index in [1.807, 2.05) is 25.3 Å². The van der Waals surface area contributed by atoms with Gasteiger partial charge < -0.3 is 5.32 Å². The van der Waals surface area contributed by atoms with Crippen molar-refractivity contribution < 1.29 is 8.42 Å². The molecule has 0 spiro atoms. The molecule has 0 unspecified atom stereocenters. The second-order valence-corrected chi connectivity index (χ2v) is 8.75. The number of sulfonamides is 1. The molecule has 0 amide bonds. The first-order valence-electron chi connectivity index (χ1n) is 7.95. The van der Waals surface area contributed by atoms with Crippen molar-refractivity contribution >= 4 is 21.4 Å². The SMILES string of the molecule is Cc1nc2c(NC3CCN(S(=O)(=O)C(C)C)CC3)cccn2n1. The van der Waals surface area contributed by atoms with Gasteiger partial charge in [0.05, 0.1) is 10.9 Å². The Labute approximate surface area is 136 Å². The summed E-state index contributed by atoms with van der Waals surface area (Å²) >= 11 is 0. The Morgan fingerprint density at radius 1 is 1.30 bits per heavy atom. The first-order chi connectivity index (χ1) is 10.9. The molecule has 1 aliphatic heterocycles. The molecule has 8 heteroatoms. The number of rotatable bonds is 4. The van der Waals surface area contributed by atoms with E-state index in [1.165, 1.54) is 0 Å². The van der Waals surface area contributed by atoms with Crippen LogP contribution in [-0.4, -0.2) is 51.7 Å². The fourth-order valence-electron chi connectivity index (χ4n) is 2.90. The molecular formula is C15H23N5O2S. The second kappa shape index (κ2) is 6.09. The smallest absolute Gasteiger partial charge is 0.216 e. The minimum atomic E-state index is -3.15. The Morgan fingerprint density at radius 3 is 2.65 bits per heavy atom. The van der Waals surface area contributed by atoms with Crippen molar-refractivity contribution in [2.75, 3.05) is 18.4 Å². The minimum Gasteiger partial charge on any atom is -0.379 e. The summed E-state index contributed by atoms with van der Waals surface area (Å²) in [6.07, 6.45) is 3.46. The summed E-state index contributed by atoms with van der Waals surface area (Å²) in [5.74, 6) is 0.733. The average molecular weight is 337 g/mol. The van der Waals surface area contributed by atoms with E-state index in [-0.39, 0.29) is 11.3 Å². The first-order valence-corrected chi connectivity index (χ1v) is 9.46. The number of anilines is 1. The van der Waals surface area contributed by atoms with Crippen molar-refractivity contribution in [2.45, 2.75) is 44.9 Å². The van der Waals surface area contributed by atoms with Crippen LogP contribution >= 0.6 is 0 Å². The maximum atomic E-state index is 12.2. The van der Waals surface area contributed by atoms with E-state index in [9.17, 15) is 8.42 Å². The summed E-state index contributed by atoms with van der Waals surface area (Å²) in [5, 5.41) is 7.44. The van der Waals surface area contributed by atoms with Crippen LogP contribution in [-0.2, 0) is 10.0 Å². The second-order valence-electron chi connectivity index (χ2n) is 6.26. The third-order valence-corrected chi connectivity index (χ3v) is 6.51. The van der Waals surface area contributed by atoms with Crippen molar-refractivity contribution in [1.29, 1.82) is 0 Å². The highest BCUT2D eigenvalue weighted by Gasteiger charge is 2.30. The van der Waals surface area contributed by atoms with E-state index in [4.69, 9.17) is 0 Å². The van der Waals surface area contributed by atoms with Gasteiger partial charge in [-0.05, 0) is 45.7 Å². The van der Waals surface area contributed by atoms with Crippen LogP contribution < -0.4 is 5.32 Å². The van der Waals surface area contributed by atoms with Gasteiger partial charge in [0.1, 0.15) is 5.82 Å². The fourth-order valence-corrected chi connectivity index (χ4v) is 4.21. The van der Waals surface area contributed by atoms with Crippen LogP contribution in [0, 0.1) is 6.92 Å². The van der Waals surface area contributed by atoms with Crippen molar-refractivity contribution in [3.8, 4) is 0 Å². The zero-order valence-corrected chi connectivity index (χ0v) is 14.5. The summed E-state index contributed by atoms with van der Waals surface area (Å²) in [7, 11) is -3.15. The molecule has 0 bridgehead atoms. The predicted molar refractivity (Wildman–Crippen MR) is 90.0 cm³/mol. The van der Waals surface area contributed by atoms with Crippen LogP contribution in [0.15, 0.2) is 18.3 Å². The molecule has 2 aromatic heterocycles. The lowest BCUT2D eigenvalue weighted by Crippen LogP contribution is -2.44. The lowest BCUT2D eigenvalue weighted by Gasteiger charge is -2.33. The Bertz CT molecular complexity index is 791. The van der Waals surface area contributed by atoms with Crippen LogP contribution in [0.1, 0.15) is 32.5 Å². The van der Waals surface area contributed by atoms with Gasteiger partial charge in [-0.3, -0.25) is 0 Å². The van der Waals surface area contributed by atoms with Gasteiger partial charge in [0.2, 0.25) is 10.0 Å². The van der Waals surface area contributed by atoms with Crippen LogP contribution in [0.3, 0.4) is 0 Å². The zero-order chi connectivity index (χ0) is 16.6. The van der Waals surface area contributed by atoms with Crippen molar-refractivity contribution in [3.63, 3.8) is 0 Å². The Morgan fingerprint density at radius 2 is 2.00 bits per heavy atom. The summed E-state index contributed by atoms with van der Waals surface area (Å²) < 4.78 is 27.8. The van der Waals surface area contributed by atoms with Crippen molar-refractivity contribution in [3.05, 3.63) is 24.2 Å². The molecule has 0 aromatic carbocycles. The number of hydrogen-bond donors (Lipinski definition) is 1. The Kier molecular flexibility index (Phi) is 4.29. The molecule has 2 aromatic rings. The Hall–Kier alpha value is -1.67. The molecule has 7 nitrogen and oxygen atoms in total. The van der Waals surface area contributed by atoms with E-state index in [0.717, 1.165) is 30.0 Å². The normalized spacial score (nSPS) is 17.9. The predicted octanol–water partition coefficient (Wildman–Crippen LogP) is 1.65. The highest BCUT2D eigenvalue weighted by molar-refractivity contribution is 7.89. The number of fused-ring (bicyclic) bond motifs is 1. The van der Waals surface area contributed by atoms with Crippen LogP contribution in [0.5, 0.6) is 0 Å². The van der Waals surface area contributed by atoms with E-state index >= 15 is 0 Å². The molecule has 1 fully saturated rings. The van der Waals surface area contributed by atoms with Gasteiger partial charge in [-0.1, -0.05) is 0 Å². The molecule has 0 radical (unpaired) electrons. The zero-order valence-electron chi connectivity index (χ0n) is 13.7. The van der Waals surface area contributed by atoms with Crippen LogP contribution in [0.25, 0.3) is 5.65 Å². The average Bonchev–Trinajstić information content (AvgIpc) is 2.89. The maximum absolute atomic E-state index is 12.2. The standard InChI is InChI=1S/C15H23N5O2S/c1-11(2)23(21,22)19-9-6-13(7-10-19)17-14-5-4-8-20-15(14)16-12(3)18-20/h4-5,8,11,13,17H,6-7,9-10H2,1-3H3. The van der Waals surface area contributed by atoms with E-state index in [0.29, 0.717) is 13.1 Å². The van der Waals surface area contributed by atoms with E-state index in [2.05, 4.69) is 15.4 Å². The number of pyridine rings is 1. The van der Waals surface area contributed by atoms with Gasteiger partial charge >= 0.3 is 0 Å². The topological polar surface area (TPSA) is 79.6 Å². The molecule has 0 saturated carbocycles. The van der Waals surface area contributed by atoms with E-state index in [1.54, 1.807) is 22.7 Å². The number of hydrogen-bond acceptors (Lipinski definition) is 5. The lowest BCUT2D eigenvalue weighted by atomic mass is 10.1. The highest BCUT2D eigenvalue weighted by Crippen LogP contribution is 2.22. The van der Waals surface area contributed by atoms with Gasteiger partial charge in [0.25, 0.3) is 0 Å². The summed E-state index contributed by atoms with van der Waals surface area (Å²) in [6.45, 7) is 6.45. The van der Waals surface area contributed by atoms with Crippen molar-refractivity contribution in [2.24, 2.45) is 0 Å². The third kappa shape index (κ3) is 3.18. The lowest BCUT2D eigenvalue weighted by molar-refractivity contribution is 0.327. The molecule has 23 heavy (non-hydrogen) atoms. The summed E-state index contributed by atoms with van der Waals surface area (Å²) in [4.78, 5) is 4.44. The number of nitrogens with zero attached hydrogens (tertiary/aromatic N) is 4. The number of nitrogens with one attached hydrogen (secondary N) is 1. The molecule has 1 saturated heterocycles. The molecule has 0 atom stereocenters. The molecule has 3 heterocycles. The fraction of sp³-hybridized carbons (Fsp3) is 0.600. The van der Waals surface area contributed by atoms with Gasteiger partial charge in [-0.2, -0.15) is 5.10 Å².